The molecule has 3 atom stereocenters. The van der Waals surface area contributed by atoms with Crippen molar-refractivity contribution < 1.29 is 27.8 Å². The highest BCUT2D eigenvalue weighted by molar-refractivity contribution is 5.68. The molecular weight excluding hydrogens is 501 g/mol. The van der Waals surface area contributed by atoms with Gasteiger partial charge in [-0.3, -0.25) is 0 Å². The number of aliphatic hydroxyl groups excluding tert-OH is 1. The van der Waals surface area contributed by atoms with Crippen LogP contribution in [0.2, 0.25) is 0 Å². The number of anilines is 4. The molecule has 1 aromatic heterocycles. The summed E-state index contributed by atoms with van der Waals surface area (Å²) in [6.45, 7) is 8.66. The minimum Gasteiger partial charge on any atom is -0.444 e. The molecule has 2 fully saturated rings. The lowest BCUT2D eigenvalue weighted by Crippen LogP contribution is -2.53. The second-order valence-corrected chi connectivity index (χ2v) is 10.9. The van der Waals surface area contributed by atoms with Gasteiger partial charge >= 0.3 is 12.3 Å². The van der Waals surface area contributed by atoms with Crippen LogP contribution < -0.4 is 20.4 Å². The van der Waals surface area contributed by atoms with E-state index in [2.05, 4.69) is 20.6 Å². The molecule has 0 spiro atoms. The van der Waals surface area contributed by atoms with Crippen molar-refractivity contribution in [2.75, 3.05) is 34.8 Å². The van der Waals surface area contributed by atoms with E-state index < -0.39 is 29.5 Å². The lowest BCUT2D eigenvalue weighted by molar-refractivity contribution is -0.137. The third kappa shape index (κ3) is 6.97. The third-order valence-corrected chi connectivity index (χ3v) is 6.54. The van der Waals surface area contributed by atoms with Crippen LogP contribution in [0.1, 0.15) is 52.5 Å². The number of alkyl halides is 3. The first-order chi connectivity index (χ1) is 17.8. The summed E-state index contributed by atoms with van der Waals surface area (Å²) in [5.74, 6) is -0.0303. The fourth-order valence-electron chi connectivity index (χ4n) is 4.85. The van der Waals surface area contributed by atoms with Crippen LogP contribution in [0.25, 0.3) is 0 Å². The highest BCUT2D eigenvalue weighted by atomic mass is 19.4. The predicted octanol–water partition coefficient (Wildman–Crippen LogP) is 4.69. The van der Waals surface area contributed by atoms with Crippen molar-refractivity contribution in [2.24, 2.45) is 0 Å². The number of nitrogens with one attached hydrogen (secondary N) is 2. The van der Waals surface area contributed by atoms with Gasteiger partial charge in [0.2, 0.25) is 5.95 Å². The van der Waals surface area contributed by atoms with Crippen LogP contribution in [0.5, 0.6) is 0 Å². The molecule has 12 heteroatoms. The first-order valence-electron chi connectivity index (χ1n) is 12.8. The summed E-state index contributed by atoms with van der Waals surface area (Å²) in [6, 6.07) is 6.87. The average molecular weight is 537 g/mol. The molecule has 2 saturated heterocycles. The maximum atomic E-state index is 13.6. The van der Waals surface area contributed by atoms with E-state index in [0.29, 0.717) is 31.7 Å². The number of aromatic nitrogens is 2. The van der Waals surface area contributed by atoms with Gasteiger partial charge < -0.3 is 30.3 Å². The van der Waals surface area contributed by atoms with E-state index in [-0.39, 0.29) is 23.8 Å². The zero-order valence-corrected chi connectivity index (χ0v) is 22.0. The van der Waals surface area contributed by atoms with Gasteiger partial charge in [0.15, 0.2) is 0 Å². The van der Waals surface area contributed by atoms with Crippen molar-refractivity contribution >= 4 is 29.2 Å². The molecule has 0 saturated carbocycles. The third-order valence-electron chi connectivity index (χ3n) is 6.54. The van der Waals surface area contributed by atoms with Gasteiger partial charge in [0.05, 0.1) is 12.1 Å². The second kappa shape index (κ2) is 10.8. The molecule has 38 heavy (non-hydrogen) atoms. The van der Waals surface area contributed by atoms with E-state index in [4.69, 9.17) is 4.74 Å². The Morgan fingerprint density at radius 3 is 2.47 bits per heavy atom. The molecule has 2 aliphatic rings. The predicted molar refractivity (Wildman–Crippen MR) is 139 cm³/mol. The fourth-order valence-corrected chi connectivity index (χ4v) is 4.85. The summed E-state index contributed by atoms with van der Waals surface area (Å²) in [7, 11) is 0. The number of benzene rings is 1. The van der Waals surface area contributed by atoms with Crippen molar-refractivity contribution in [2.45, 2.75) is 76.9 Å². The van der Waals surface area contributed by atoms with Crippen LogP contribution in [0.3, 0.4) is 0 Å². The monoisotopic (exact) mass is 536 g/mol. The molecule has 0 radical (unpaired) electrons. The summed E-state index contributed by atoms with van der Waals surface area (Å²) < 4.78 is 46.2. The number of carbonyl (C=O) groups excluding carboxylic acids is 1. The van der Waals surface area contributed by atoms with Crippen LogP contribution in [-0.4, -0.2) is 64.6 Å². The number of halogens is 3. The van der Waals surface area contributed by atoms with Gasteiger partial charge in [-0.15, -0.1) is 0 Å². The normalized spacial score (nSPS) is 22.4. The van der Waals surface area contributed by atoms with E-state index in [1.54, 1.807) is 37.8 Å². The summed E-state index contributed by atoms with van der Waals surface area (Å²) >= 11 is 0. The fraction of sp³-hybridized carbons (Fsp3) is 0.577. The summed E-state index contributed by atoms with van der Waals surface area (Å²) in [5, 5.41) is 16.2. The van der Waals surface area contributed by atoms with Crippen molar-refractivity contribution in [3.05, 3.63) is 36.0 Å². The maximum absolute atomic E-state index is 13.6. The number of aliphatic hydroxyl groups is 1. The number of rotatable bonds is 5. The van der Waals surface area contributed by atoms with E-state index in [9.17, 15) is 23.1 Å². The Kier molecular flexibility index (Phi) is 7.91. The number of β-amino-alcohol motifs (C(OH)–C–C–N with tert-alkyl or cyclic N) is 1. The molecule has 3 N–H and O–H groups in total. The largest absolute Gasteiger partial charge is 0.444 e. The molecule has 2 aromatic rings. The highest BCUT2D eigenvalue weighted by Gasteiger charge is 2.38. The van der Waals surface area contributed by atoms with Gasteiger partial charge in [-0.05, 0) is 71.2 Å². The number of ether oxygens (including phenoxy) is 1. The van der Waals surface area contributed by atoms with Gasteiger partial charge in [0.25, 0.3) is 0 Å². The summed E-state index contributed by atoms with van der Waals surface area (Å²) in [6.07, 6.45) is -2.84. The molecule has 4 rings (SSSR count). The number of carbonyl (C=O) groups is 1. The molecule has 1 aromatic carbocycles. The Morgan fingerprint density at radius 1 is 1.16 bits per heavy atom. The topological polar surface area (TPSA) is 103 Å². The average Bonchev–Trinajstić information content (AvgIpc) is 3.23. The number of hydrogen-bond donors (Lipinski definition) is 3. The van der Waals surface area contributed by atoms with Crippen LogP contribution in [-0.2, 0) is 10.9 Å². The number of nitrogens with zero attached hydrogens (tertiary/aromatic N) is 4. The minimum atomic E-state index is -4.55. The Morgan fingerprint density at radius 2 is 1.87 bits per heavy atom. The smallest absolute Gasteiger partial charge is 0.421 e. The molecule has 3 unspecified atom stereocenters. The van der Waals surface area contributed by atoms with Gasteiger partial charge in [0, 0.05) is 43.2 Å². The summed E-state index contributed by atoms with van der Waals surface area (Å²) in [5.41, 5.74) is -0.0325. The number of piperidine rings is 1. The lowest BCUT2D eigenvalue weighted by Gasteiger charge is -2.37. The van der Waals surface area contributed by atoms with Gasteiger partial charge in [-0.2, -0.15) is 18.2 Å². The maximum Gasteiger partial charge on any atom is 0.421 e. The minimum absolute atomic E-state index is 0.0355. The van der Waals surface area contributed by atoms with Crippen LogP contribution in [0.15, 0.2) is 30.5 Å². The van der Waals surface area contributed by atoms with Gasteiger partial charge in [-0.1, -0.05) is 0 Å². The van der Waals surface area contributed by atoms with Gasteiger partial charge in [0.1, 0.15) is 17.0 Å². The Labute approximate surface area is 220 Å². The van der Waals surface area contributed by atoms with Crippen LogP contribution in [0.4, 0.5) is 41.1 Å². The molecule has 9 nitrogen and oxygen atoms in total. The van der Waals surface area contributed by atoms with Crippen LogP contribution >= 0.6 is 0 Å². The van der Waals surface area contributed by atoms with Crippen molar-refractivity contribution in [1.29, 1.82) is 0 Å². The zero-order chi connectivity index (χ0) is 27.7. The Bertz CT molecular complexity index is 1120. The molecular formula is C26H35F3N6O3. The first-order valence-corrected chi connectivity index (χ1v) is 12.8. The zero-order valence-electron chi connectivity index (χ0n) is 22.0. The molecule has 208 valence electrons. The molecule has 1 amide bonds. The SMILES string of the molecule is CC1CCCN1c1nc(Nc2ccc(N3CC(O)CC(NC(=O)OC(C)(C)C)C3)cc2)ncc1C(F)(F)F. The number of alkyl carbamates (subject to hydrolysis) is 1. The molecule has 0 aliphatic carbocycles. The summed E-state index contributed by atoms with van der Waals surface area (Å²) in [4.78, 5) is 24.0. The standard InChI is InChI=1S/C26H35F3N6O3/c1-16-6-5-11-35(16)22-21(26(27,28)29)13-30-23(33-22)31-17-7-9-19(10-8-17)34-14-18(12-20(36)15-34)32-24(37)38-25(2,3)4/h7-10,13,16,18,20,36H,5-6,11-12,14-15H2,1-4H3,(H,32,37)(H,30,31,33). The number of amides is 1. The van der Waals surface area contributed by atoms with Crippen molar-refractivity contribution in [1.82, 2.24) is 15.3 Å². The van der Waals surface area contributed by atoms with E-state index in [0.717, 1.165) is 24.7 Å². The quantitative estimate of drug-likeness (QED) is 0.506. The molecule has 2 aliphatic heterocycles. The first kappa shape index (κ1) is 27.7. The Hall–Kier alpha value is -3.28. The highest BCUT2D eigenvalue weighted by Crippen LogP contribution is 2.38. The second-order valence-electron chi connectivity index (χ2n) is 10.9. The van der Waals surface area contributed by atoms with E-state index >= 15 is 0 Å². The van der Waals surface area contributed by atoms with E-state index in [1.165, 1.54) is 0 Å². The van der Waals surface area contributed by atoms with Crippen molar-refractivity contribution in [3.8, 4) is 0 Å². The van der Waals surface area contributed by atoms with E-state index in [1.807, 2.05) is 24.0 Å². The van der Waals surface area contributed by atoms with Crippen molar-refractivity contribution in [3.63, 3.8) is 0 Å². The van der Waals surface area contributed by atoms with Gasteiger partial charge in [-0.25, -0.2) is 9.78 Å². The van der Waals surface area contributed by atoms with Crippen LogP contribution in [0, 0.1) is 0 Å². The Balaban J connectivity index is 1.45. The molecule has 3 heterocycles. The molecule has 0 bridgehead atoms. The number of hydrogen-bond acceptors (Lipinski definition) is 8. The lowest BCUT2D eigenvalue weighted by atomic mass is 10.0.